The lowest BCUT2D eigenvalue weighted by Gasteiger charge is -2.33. The molecule has 4 rings (SSSR count). The lowest BCUT2D eigenvalue weighted by atomic mass is 9.91. The van der Waals surface area contributed by atoms with Crippen molar-refractivity contribution < 1.29 is 14.1 Å². The van der Waals surface area contributed by atoms with Gasteiger partial charge >= 0.3 is 0 Å². The van der Waals surface area contributed by atoms with Crippen molar-refractivity contribution in [2.75, 3.05) is 26.3 Å². The molecule has 6 heteroatoms. The van der Waals surface area contributed by atoms with Gasteiger partial charge < -0.3 is 14.2 Å². The molecule has 2 aliphatic rings. The van der Waals surface area contributed by atoms with Gasteiger partial charge in [0.15, 0.2) is 0 Å². The third-order valence-corrected chi connectivity index (χ3v) is 6.13. The fraction of sp³-hybridized carbons (Fsp3) is 0.591. The van der Waals surface area contributed by atoms with Crippen LogP contribution in [0, 0.1) is 19.8 Å². The number of carbonyl (C=O) groups excluding carboxylic acids is 1. The molecule has 0 aliphatic carbocycles. The molecular formula is C22H29N3O3. The van der Waals surface area contributed by atoms with Gasteiger partial charge in [0.2, 0.25) is 5.91 Å². The Balaban J connectivity index is 1.37. The highest BCUT2D eigenvalue weighted by atomic mass is 16.5. The highest BCUT2D eigenvalue weighted by molar-refractivity contribution is 5.76. The quantitative estimate of drug-likeness (QED) is 0.801. The Hall–Kier alpha value is -2.21. The SMILES string of the molecule is Cc1noc(C)c1-c1cccc(C2CCN(C(=O)CC3CCOCC3)CC2)n1. The number of rotatable bonds is 4. The zero-order valence-electron chi connectivity index (χ0n) is 16.8. The first kappa shape index (κ1) is 19.1. The smallest absolute Gasteiger partial charge is 0.222 e. The second kappa shape index (κ2) is 8.43. The topological polar surface area (TPSA) is 68.5 Å². The number of likely N-dealkylation sites (tertiary alicyclic amines) is 1. The van der Waals surface area contributed by atoms with Gasteiger partial charge in [-0.1, -0.05) is 11.2 Å². The summed E-state index contributed by atoms with van der Waals surface area (Å²) in [7, 11) is 0. The maximum Gasteiger partial charge on any atom is 0.222 e. The fourth-order valence-electron chi connectivity index (χ4n) is 4.42. The van der Waals surface area contributed by atoms with Crippen molar-refractivity contribution >= 4 is 5.91 Å². The molecule has 1 amide bonds. The summed E-state index contributed by atoms with van der Waals surface area (Å²) >= 11 is 0. The maximum absolute atomic E-state index is 12.6. The van der Waals surface area contributed by atoms with E-state index in [2.05, 4.69) is 17.3 Å². The van der Waals surface area contributed by atoms with Crippen molar-refractivity contribution in [1.29, 1.82) is 0 Å². The second-order valence-electron chi connectivity index (χ2n) is 8.06. The summed E-state index contributed by atoms with van der Waals surface area (Å²) in [5.41, 5.74) is 3.89. The van der Waals surface area contributed by atoms with Crippen molar-refractivity contribution in [1.82, 2.24) is 15.0 Å². The average molecular weight is 383 g/mol. The predicted molar refractivity (Wildman–Crippen MR) is 106 cm³/mol. The first-order chi connectivity index (χ1) is 13.6. The van der Waals surface area contributed by atoms with Crippen molar-refractivity contribution in [3.05, 3.63) is 35.3 Å². The Labute approximate surface area is 166 Å². The summed E-state index contributed by atoms with van der Waals surface area (Å²) in [4.78, 5) is 19.6. The number of carbonyl (C=O) groups is 1. The van der Waals surface area contributed by atoms with Crippen LogP contribution in [0.15, 0.2) is 22.7 Å². The number of hydrogen-bond acceptors (Lipinski definition) is 5. The molecule has 0 bridgehead atoms. The van der Waals surface area contributed by atoms with E-state index in [4.69, 9.17) is 14.2 Å². The molecule has 6 nitrogen and oxygen atoms in total. The van der Waals surface area contributed by atoms with Crippen LogP contribution in [0.1, 0.15) is 55.2 Å². The Morgan fingerprint density at radius 2 is 1.89 bits per heavy atom. The van der Waals surface area contributed by atoms with Crippen molar-refractivity contribution in [3.8, 4) is 11.3 Å². The molecule has 0 unspecified atom stereocenters. The van der Waals surface area contributed by atoms with E-state index in [1.54, 1.807) is 0 Å². The lowest BCUT2D eigenvalue weighted by molar-refractivity contribution is -0.134. The fourth-order valence-corrected chi connectivity index (χ4v) is 4.42. The molecule has 28 heavy (non-hydrogen) atoms. The number of ether oxygens (including phenoxy) is 1. The zero-order valence-corrected chi connectivity index (χ0v) is 16.8. The number of nitrogens with zero attached hydrogens (tertiary/aromatic N) is 3. The summed E-state index contributed by atoms with van der Waals surface area (Å²) < 4.78 is 10.7. The van der Waals surface area contributed by atoms with Gasteiger partial charge in [-0.05, 0) is 57.6 Å². The first-order valence-electron chi connectivity index (χ1n) is 10.4. The summed E-state index contributed by atoms with van der Waals surface area (Å²) in [6, 6.07) is 6.18. The number of piperidine rings is 1. The highest BCUT2D eigenvalue weighted by Gasteiger charge is 2.27. The summed E-state index contributed by atoms with van der Waals surface area (Å²) in [6.07, 6.45) is 4.64. The standard InChI is InChI=1S/C22H29N3O3/c1-15-22(16(2)28-24-15)20-5-3-4-19(23-20)18-6-10-25(11-7-18)21(26)14-17-8-12-27-13-9-17/h3-5,17-18H,6-14H2,1-2H3. The molecule has 0 saturated carbocycles. The van der Waals surface area contributed by atoms with Crippen molar-refractivity contribution in [2.24, 2.45) is 5.92 Å². The lowest BCUT2D eigenvalue weighted by Crippen LogP contribution is -2.39. The van der Waals surface area contributed by atoms with E-state index >= 15 is 0 Å². The van der Waals surface area contributed by atoms with E-state index in [0.717, 1.165) is 80.4 Å². The van der Waals surface area contributed by atoms with E-state index in [-0.39, 0.29) is 0 Å². The largest absolute Gasteiger partial charge is 0.381 e. The molecule has 0 radical (unpaired) electrons. The van der Waals surface area contributed by atoms with Crippen LogP contribution in [0.5, 0.6) is 0 Å². The Kier molecular flexibility index (Phi) is 5.76. The highest BCUT2D eigenvalue weighted by Crippen LogP contribution is 2.31. The number of pyridine rings is 1. The van der Waals surface area contributed by atoms with Gasteiger partial charge in [0.05, 0.1) is 17.0 Å². The van der Waals surface area contributed by atoms with Gasteiger partial charge in [-0.3, -0.25) is 9.78 Å². The molecule has 2 fully saturated rings. The molecule has 150 valence electrons. The van der Waals surface area contributed by atoms with Crippen LogP contribution < -0.4 is 0 Å². The van der Waals surface area contributed by atoms with E-state index in [0.29, 0.717) is 24.2 Å². The van der Waals surface area contributed by atoms with Gasteiger partial charge in [0.25, 0.3) is 0 Å². The van der Waals surface area contributed by atoms with E-state index in [9.17, 15) is 4.79 Å². The van der Waals surface area contributed by atoms with Gasteiger partial charge in [0, 0.05) is 44.3 Å². The van der Waals surface area contributed by atoms with Gasteiger partial charge in [-0.25, -0.2) is 0 Å². The molecule has 2 aliphatic heterocycles. The van der Waals surface area contributed by atoms with Crippen molar-refractivity contribution in [2.45, 2.75) is 51.9 Å². The number of hydrogen-bond donors (Lipinski definition) is 0. The number of amides is 1. The van der Waals surface area contributed by atoms with Crippen LogP contribution in [0.2, 0.25) is 0 Å². The van der Waals surface area contributed by atoms with Crippen LogP contribution in [0.25, 0.3) is 11.3 Å². The van der Waals surface area contributed by atoms with Gasteiger partial charge in [-0.15, -0.1) is 0 Å². The first-order valence-corrected chi connectivity index (χ1v) is 10.4. The summed E-state index contributed by atoms with van der Waals surface area (Å²) in [6.45, 7) is 7.11. The van der Waals surface area contributed by atoms with Gasteiger partial charge in [0.1, 0.15) is 5.76 Å². The predicted octanol–water partition coefficient (Wildman–Crippen LogP) is 3.88. The third-order valence-electron chi connectivity index (χ3n) is 6.13. The maximum atomic E-state index is 12.6. The van der Waals surface area contributed by atoms with Crippen LogP contribution in [-0.4, -0.2) is 47.3 Å². The van der Waals surface area contributed by atoms with Gasteiger partial charge in [-0.2, -0.15) is 0 Å². The molecule has 0 N–H and O–H groups in total. The summed E-state index contributed by atoms with van der Waals surface area (Å²) in [5.74, 6) is 2.00. The molecule has 2 aromatic heterocycles. The number of aromatic nitrogens is 2. The Morgan fingerprint density at radius 1 is 1.14 bits per heavy atom. The van der Waals surface area contributed by atoms with E-state index in [1.807, 2.05) is 24.8 Å². The molecular weight excluding hydrogens is 354 g/mol. The molecule has 0 aromatic carbocycles. The van der Waals surface area contributed by atoms with Crippen LogP contribution in [-0.2, 0) is 9.53 Å². The van der Waals surface area contributed by atoms with Crippen LogP contribution in [0.3, 0.4) is 0 Å². The Morgan fingerprint density at radius 3 is 2.57 bits per heavy atom. The molecule has 4 heterocycles. The average Bonchev–Trinajstić information content (AvgIpc) is 3.07. The van der Waals surface area contributed by atoms with Crippen LogP contribution in [0.4, 0.5) is 0 Å². The molecule has 2 saturated heterocycles. The zero-order chi connectivity index (χ0) is 19.5. The number of aryl methyl sites for hydroxylation is 2. The minimum atomic E-state index is 0.308. The molecule has 2 aromatic rings. The molecule has 0 atom stereocenters. The third kappa shape index (κ3) is 4.12. The van der Waals surface area contributed by atoms with E-state index in [1.165, 1.54) is 0 Å². The normalized spacial score (nSPS) is 19.1. The monoisotopic (exact) mass is 383 g/mol. The summed E-state index contributed by atoms with van der Waals surface area (Å²) in [5, 5.41) is 4.04. The van der Waals surface area contributed by atoms with E-state index < -0.39 is 0 Å². The minimum absolute atomic E-state index is 0.308. The van der Waals surface area contributed by atoms with Crippen LogP contribution >= 0.6 is 0 Å². The van der Waals surface area contributed by atoms with Crippen molar-refractivity contribution in [3.63, 3.8) is 0 Å². The molecule has 0 spiro atoms. The minimum Gasteiger partial charge on any atom is -0.381 e. The Bertz CT molecular complexity index is 799. The second-order valence-corrected chi connectivity index (χ2v) is 8.06.